The van der Waals surface area contributed by atoms with Crippen LogP contribution in [0.2, 0.25) is 0 Å². The molecule has 0 saturated heterocycles. The Hall–Kier alpha value is -2.69. The summed E-state index contributed by atoms with van der Waals surface area (Å²) in [6.07, 6.45) is 3.42. The van der Waals surface area contributed by atoms with Gasteiger partial charge >= 0.3 is 0 Å². The first kappa shape index (κ1) is 17.1. The Labute approximate surface area is 149 Å². The summed E-state index contributed by atoms with van der Waals surface area (Å²) in [5.41, 5.74) is 5.41. The fourth-order valence-corrected chi connectivity index (χ4v) is 3.19. The van der Waals surface area contributed by atoms with Crippen LogP contribution in [-0.2, 0) is 6.42 Å². The molecule has 5 nitrogen and oxygen atoms in total. The molecular weight excluding hydrogens is 310 g/mol. The number of benzene rings is 1. The average Bonchev–Trinajstić information content (AvgIpc) is 2.57. The molecule has 25 heavy (non-hydrogen) atoms. The summed E-state index contributed by atoms with van der Waals surface area (Å²) in [6.45, 7) is 6.45. The highest BCUT2D eigenvalue weighted by Gasteiger charge is 2.29. The first-order valence-corrected chi connectivity index (χ1v) is 8.59. The lowest BCUT2D eigenvalue weighted by molar-refractivity contribution is 0.475. The molecule has 1 aromatic carbocycles. The Morgan fingerprint density at radius 2 is 1.84 bits per heavy atom. The van der Waals surface area contributed by atoms with Gasteiger partial charge in [-0.15, -0.1) is 0 Å². The predicted molar refractivity (Wildman–Crippen MR) is 103 cm³/mol. The van der Waals surface area contributed by atoms with E-state index in [1.807, 2.05) is 43.6 Å². The molecule has 0 amide bonds. The van der Waals surface area contributed by atoms with E-state index in [9.17, 15) is 0 Å². The largest absolute Gasteiger partial charge is 0.390 e. The van der Waals surface area contributed by atoms with Crippen molar-refractivity contribution >= 4 is 22.9 Å². The summed E-state index contributed by atoms with van der Waals surface area (Å²) in [6, 6.07) is 9.89. The number of hydrogen-bond donors (Lipinski definition) is 3. The van der Waals surface area contributed by atoms with Gasteiger partial charge in [-0.1, -0.05) is 39.0 Å². The van der Waals surface area contributed by atoms with Gasteiger partial charge in [0.05, 0.1) is 5.69 Å². The molecule has 0 fully saturated rings. The molecule has 3 rings (SSSR count). The standard InChI is InChI=1S/C20H25N5/c1-20(2,3)18(22-4)16-15(21)11-10-13-12-23-19(25-17(13)16)24-14-8-6-5-7-9-14/h5-9,12,21-22H,10-11H2,1-4H3,(H,23,24,25)/b18-16+,21-15?. The number of rotatable bonds is 3. The van der Waals surface area contributed by atoms with E-state index in [1.165, 1.54) is 0 Å². The third-order valence-corrected chi connectivity index (χ3v) is 4.33. The minimum Gasteiger partial charge on any atom is -0.390 e. The van der Waals surface area contributed by atoms with Gasteiger partial charge < -0.3 is 16.0 Å². The van der Waals surface area contributed by atoms with E-state index in [-0.39, 0.29) is 5.41 Å². The molecular formula is C20H25N5. The molecule has 3 N–H and O–H groups in total. The maximum atomic E-state index is 8.50. The fraction of sp³-hybridized carbons (Fsp3) is 0.350. The highest BCUT2D eigenvalue weighted by atomic mass is 15.1. The van der Waals surface area contributed by atoms with Gasteiger partial charge in [0.25, 0.3) is 0 Å². The highest BCUT2D eigenvalue weighted by molar-refractivity contribution is 6.24. The van der Waals surface area contributed by atoms with E-state index in [4.69, 9.17) is 10.4 Å². The smallest absolute Gasteiger partial charge is 0.227 e. The topological polar surface area (TPSA) is 73.7 Å². The summed E-state index contributed by atoms with van der Waals surface area (Å²) in [5.74, 6) is 0.557. The number of allylic oxidation sites excluding steroid dienone is 2. The number of aromatic nitrogens is 2. The van der Waals surface area contributed by atoms with E-state index in [0.717, 1.165) is 41.1 Å². The van der Waals surface area contributed by atoms with E-state index < -0.39 is 0 Å². The number of nitrogens with zero attached hydrogens (tertiary/aromatic N) is 2. The van der Waals surface area contributed by atoms with Gasteiger partial charge in [-0.25, -0.2) is 9.97 Å². The van der Waals surface area contributed by atoms with Crippen LogP contribution in [-0.4, -0.2) is 22.7 Å². The van der Waals surface area contributed by atoms with Gasteiger partial charge in [0.2, 0.25) is 5.95 Å². The fourth-order valence-electron chi connectivity index (χ4n) is 3.19. The Morgan fingerprint density at radius 3 is 2.48 bits per heavy atom. The molecule has 2 aromatic rings. The highest BCUT2D eigenvalue weighted by Crippen LogP contribution is 2.35. The number of aryl methyl sites for hydroxylation is 1. The van der Waals surface area contributed by atoms with Gasteiger partial charge in [-0.3, -0.25) is 0 Å². The maximum absolute atomic E-state index is 8.50. The second-order valence-corrected chi connectivity index (χ2v) is 7.29. The van der Waals surface area contributed by atoms with E-state index in [1.54, 1.807) is 0 Å². The zero-order valence-electron chi connectivity index (χ0n) is 15.3. The second-order valence-electron chi connectivity index (χ2n) is 7.29. The zero-order chi connectivity index (χ0) is 18.0. The van der Waals surface area contributed by atoms with Crippen molar-refractivity contribution in [3.63, 3.8) is 0 Å². The Balaban J connectivity index is 2.09. The van der Waals surface area contributed by atoms with Crippen LogP contribution >= 0.6 is 0 Å². The lowest BCUT2D eigenvalue weighted by Gasteiger charge is -2.29. The van der Waals surface area contributed by atoms with Crippen molar-refractivity contribution in [2.24, 2.45) is 5.41 Å². The Morgan fingerprint density at radius 1 is 1.12 bits per heavy atom. The molecule has 1 aliphatic carbocycles. The minimum absolute atomic E-state index is 0.0943. The van der Waals surface area contributed by atoms with Crippen LogP contribution < -0.4 is 10.6 Å². The molecule has 0 unspecified atom stereocenters. The molecule has 130 valence electrons. The molecule has 1 aromatic heterocycles. The molecule has 0 bridgehead atoms. The van der Waals surface area contributed by atoms with E-state index >= 15 is 0 Å². The van der Waals surface area contributed by atoms with Gasteiger partial charge in [-0.2, -0.15) is 0 Å². The van der Waals surface area contributed by atoms with Gasteiger partial charge in [0, 0.05) is 41.3 Å². The third-order valence-electron chi connectivity index (χ3n) is 4.33. The van der Waals surface area contributed by atoms with Gasteiger partial charge in [0.1, 0.15) is 0 Å². The van der Waals surface area contributed by atoms with Gasteiger partial charge in [0.15, 0.2) is 0 Å². The molecule has 0 aliphatic heterocycles. The maximum Gasteiger partial charge on any atom is 0.227 e. The lowest BCUT2D eigenvalue weighted by Crippen LogP contribution is -2.27. The van der Waals surface area contributed by atoms with Crippen LogP contribution in [0.15, 0.2) is 42.2 Å². The molecule has 0 radical (unpaired) electrons. The summed E-state index contributed by atoms with van der Waals surface area (Å²) < 4.78 is 0. The quantitative estimate of drug-likeness (QED) is 0.787. The monoisotopic (exact) mass is 335 g/mol. The Kier molecular flexibility index (Phi) is 4.57. The van der Waals surface area contributed by atoms with Gasteiger partial charge in [-0.05, 0) is 30.5 Å². The van der Waals surface area contributed by atoms with E-state index in [2.05, 4.69) is 36.4 Å². The van der Waals surface area contributed by atoms with Crippen LogP contribution in [0.25, 0.3) is 5.57 Å². The molecule has 0 saturated carbocycles. The van der Waals surface area contributed by atoms with Crippen molar-refractivity contribution in [2.75, 3.05) is 12.4 Å². The number of anilines is 2. The van der Waals surface area contributed by atoms with Crippen LogP contribution in [0, 0.1) is 10.8 Å². The SMILES string of the molecule is CN/C(=C1\C(=N)CCc2cnc(Nc3ccccc3)nc21)C(C)(C)C. The first-order chi connectivity index (χ1) is 11.9. The summed E-state index contributed by atoms with van der Waals surface area (Å²) in [4.78, 5) is 9.22. The Bertz CT molecular complexity index is 816. The molecule has 5 heteroatoms. The number of hydrogen-bond acceptors (Lipinski definition) is 5. The minimum atomic E-state index is -0.0943. The first-order valence-electron chi connectivity index (χ1n) is 8.59. The summed E-state index contributed by atoms with van der Waals surface area (Å²) in [5, 5.41) is 15.1. The predicted octanol–water partition coefficient (Wildman–Crippen LogP) is 4.16. The second kappa shape index (κ2) is 6.67. The zero-order valence-corrected chi connectivity index (χ0v) is 15.3. The van der Waals surface area contributed by atoms with E-state index in [0.29, 0.717) is 11.7 Å². The summed E-state index contributed by atoms with van der Waals surface area (Å²) >= 11 is 0. The van der Waals surface area contributed by atoms with Crippen molar-refractivity contribution in [3.05, 3.63) is 53.5 Å². The van der Waals surface area contributed by atoms with Crippen molar-refractivity contribution < 1.29 is 0 Å². The number of fused-ring (bicyclic) bond motifs is 1. The van der Waals surface area contributed by atoms with Crippen LogP contribution in [0.1, 0.15) is 38.4 Å². The molecule has 0 spiro atoms. The molecule has 1 aliphatic rings. The van der Waals surface area contributed by atoms with Crippen molar-refractivity contribution in [2.45, 2.75) is 33.6 Å². The molecule has 1 heterocycles. The third kappa shape index (κ3) is 3.55. The van der Waals surface area contributed by atoms with Crippen LogP contribution in [0.5, 0.6) is 0 Å². The lowest BCUT2D eigenvalue weighted by atomic mass is 9.81. The average molecular weight is 335 g/mol. The van der Waals surface area contributed by atoms with Crippen LogP contribution in [0.4, 0.5) is 11.6 Å². The van der Waals surface area contributed by atoms with Crippen molar-refractivity contribution in [3.8, 4) is 0 Å². The van der Waals surface area contributed by atoms with Crippen LogP contribution in [0.3, 0.4) is 0 Å². The number of nitrogens with one attached hydrogen (secondary N) is 3. The normalized spacial score (nSPS) is 16.2. The number of para-hydroxylation sites is 1. The summed E-state index contributed by atoms with van der Waals surface area (Å²) in [7, 11) is 1.92. The van der Waals surface area contributed by atoms with Crippen molar-refractivity contribution in [1.29, 1.82) is 5.41 Å². The molecule has 0 atom stereocenters. The van der Waals surface area contributed by atoms with Crippen molar-refractivity contribution in [1.82, 2.24) is 15.3 Å².